The van der Waals surface area contributed by atoms with Crippen LogP contribution in [0.4, 0.5) is 0 Å². The van der Waals surface area contributed by atoms with E-state index in [0.717, 1.165) is 12.8 Å². The summed E-state index contributed by atoms with van der Waals surface area (Å²) in [5, 5.41) is 8.68. The lowest BCUT2D eigenvalue weighted by molar-refractivity contribution is -0.114. The van der Waals surface area contributed by atoms with E-state index >= 15 is 0 Å². The number of hydrogen-bond donors (Lipinski definition) is 2. The zero-order valence-electron chi connectivity index (χ0n) is 11.3. The Balaban J connectivity index is 1.75. The molecular formula is C13H16N4O3S. The maximum Gasteiger partial charge on any atom is 0.242 e. The van der Waals surface area contributed by atoms with Crippen LogP contribution >= 0.6 is 0 Å². The van der Waals surface area contributed by atoms with Crippen molar-refractivity contribution in [1.82, 2.24) is 9.71 Å². The molecule has 21 heavy (non-hydrogen) atoms. The summed E-state index contributed by atoms with van der Waals surface area (Å²) < 4.78 is 32.8. The highest BCUT2D eigenvalue weighted by Gasteiger charge is 2.51. The number of aromatic nitrogens is 1. The van der Waals surface area contributed by atoms with Crippen molar-refractivity contribution in [1.29, 1.82) is 5.26 Å². The van der Waals surface area contributed by atoms with Gasteiger partial charge in [0.15, 0.2) is 0 Å². The van der Waals surface area contributed by atoms with Gasteiger partial charge in [0.1, 0.15) is 16.7 Å². The molecule has 0 amide bonds. The maximum absolute atomic E-state index is 12.3. The number of sulfonamides is 1. The predicted molar refractivity (Wildman–Crippen MR) is 73.5 cm³/mol. The molecule has 1 aromatic heterocycles. The van der Waals surface area contributed by atoms with Crippen LogP contribution in [0.3, 0.4) is 0 Å². The van der Waals surface area contributed by atoms with Gasteiger partial charge >= 0.3 is 0 Å². The minimum absolute atomic E-state index is 0.0213. The number of pyridine rings is 1. The molecule has 2 fully saturated rings. The first-order valence-electron chi connectivity index (χ1n) is 6.78. The van der Waals surface area contributed by atoms with E-state index in [2.05, 4.69) is 9.71 Å². The Bertz CT molecular complexity index is 668. The van der Waals surface area contributed by atoms with Gasteiger partial charge in [-0.1, -0.05) is 0 Å². The number of nitrogens with zero attached hydrogens (tertiary/aromatic N) is 2. The minimum atomic E-state index is -3.71. The topological polar surface area (TPSA) is 118 Å². The summed E-state index contributed by atoms with van der Waals surface area (Å²) >= 11 is 0. The minimum Gasteiger partial charge on any atom is -0.376 e. The summed E-state index contributed by atoms with van der Waals surface area (Å²) in [5.74, 6) is 0.227. The third-order valence-corrected chi connectivity index (χ3v) is 5.57. The number of nitrogens with one attached hydrogen (secondary N) is 1. The van der Waals surface area contributed by atoms with Crippen molar-refractivity contribution in [2.24, 2.45) is 11.7 Å². The van der Waals surface area contributed by atoms with E-state index in [1.165, 1.54) is 18.3 Å². The first-order valence-corrected chi connectivity index (χ1v) is 8.27. The van der Waals surface area contributed by atoms with Crippen LogP contribution in [-0.4, -0.2) is 38.2 Å². The molecule has 3 N–H and O–H groups in total. The highest BCUT2D eigenvalue weighted by molar-refractivity contribution is 7.89. The van der Waals surface area contributed by atoms with Crippen LogP contribution in [0.25, 0.3) is 0 Å². The predicted octanol–water partition coefficient (Wildman–Crippen LogP) is -0.264. The molecule has 2 aliphatic rings. The lowest BCUT2D eigenvalue weighted by Gasteiger charge is -2.52. The van der Waals surface area contributed by atoms with Crippen LogP contribution in [0.15, 0.2) is 23.2 Å². The molecule has 4 atom stereocenters. The molecule has 1 saturated heterocycles. The first kappa shape index (κ1) is 14.4. The van der Waals surface area contributed by atoms with Gasteiger partial charge in [-0.25, -0.2) is 18.1 Å². The molecule has 0 spiro atoms. The SMILES string of the molecule is N#Cc1ccc(S(=O)(=O)NC2C(N)C3CCCOC32)cn1. The zero-order chi connectivity index (χ0) is 15.0. The summed E-state index contributed by atoms with van der Waals surface area (Å²) in [6, 6.07) is 3.94. The summed E-state index contributed by atoms with van der Waals surface area (Å²) in [6.07, 6.45) is 2.97. The fourth-order valence-corrected chi connectivity index (χ4v) is 4.17. The first-order chi connectivity index (χ1) is 10.0. The van der Waals surface area contributed by atoms with Gasteiger partial charge in [0.25, 0.3) is 0 Å². The van der Waals surface area contributed by atoms with Crippen LogP contribution in [-0.2, 0) is 14.8 Å². The van der Waals surface area contributed by atoms with E-state index in [4.69, 9.17) is 15.7 Å². The number of fused-ring (bicyclic) bond motifs is 1. The van der Waals surface area contributed by atoms with E-state index in [1.54, 1.807) is 0 Å². The molecule has 0 radical (unpaired) electrons. The number of hydrogen-bond acceptors (Lipinski definition) is 6. The van der Waals surface area contributed by atoms with E-state index in [-0.39, 0.29) is 28.7 Å². The Kier molecular flexibility index (Phi) is 3.67. The van der Waals surface area contributed by atoms with Crippen molar-refractivity contribution in [2.75, 3.05) is 6.61 Å². The van der Waals surface area contributed by atoms with E-state index in [1.807, 2.05) is 6.07 Å². The van der Waals surface area contributed by atoms with Gasteiger partial charge < -0.3 is 10.5 Å². The third kappa shape index (κ3) is 2.53. The molecule has 2 heterocycles. The molecule has 1 aliphatic carbocycles. The Hall–Kier alpha value is -1.53. The molecule has 1 aliphatic heterocycles. The number of rotatable bonds is 3. The zero-order valence-corrected chi connectivity index (χ0v) is 12.1. The van der Waals surface area contributed by atoms with Crippen LogP contribution in [0.2, 0.25) is 0 Å². The summed E-state index contributed by atoms with van der Waals surface area (Å²) in [6.45, 7) is 0.643. The molecule has 1 aromatic rings. The lowest BCUT2D eigenvalue weighted by atomic mass is 9.69. The lowest BCUT2D eigenvalue weighted by Crippen LogP contribution is -2.71. The van der Waals surface area contributed by atoms with Gasteiger partial charge in [-0.2, -0.15) is 5.26 Å². The highest BCUT2D eigenvalue weighted by Crippen LogP contribution is 2.37. The van der Waals surface area contributed by atoms with Crippen molar-refractivity contribution >= 4 is 10.0 Å². The van der Waals surface area contributed by atoms with E-state index < -0.39 is 16.1 Å². The maximum atomic E-state index is 12.3. The monoisotopic (exact) mass is 308 g/mol. The molecule has 0 aromatic carbocycles. The van der Waals surface area contributed by atoms with Crippen molar-refractivity contribution in [3.63, 3.8) is 0 Å². The molecule has 1 saturated carbocycles. The van der Waals surface area contributed by atoms with Crippen molar-refractivity contribution in [2.45, 2.75) is 35.9 Å². The molecule has 4 unspecified atom stereocenters. The third-order valence-electron chi connectivity index (χ3n) is 4.13. The van der Waals surface area contributed by atoms with E-state index in [9.17, 15) is 8.42 Å². The summed E-state index contributed by atoms with van der Waals surface area (Å²) in [7, 11) is -3.71. The van der Waals surface area contributed by atoms with Crippen LogP contribution in [0, 0.1) is 17.2 Å². The standard InChI is InChI=1S/C13H16N4O3S/c14-6-8-3-4-9(7-16-8)21(18,19)17-12-11(15)10-2-1-5-20-13(10)12/h3-4,7,10-13,17H,1-2,5,15H2. The second-order valence-corrected chi connectivity index (χ2v) is 7.07. The van der Waals surface area contributed by atoms with Crippen LogP contribution in [0.1, 0.15) is 18.5 Å². The molecular weight excluding hydrogens is 292 g/mol. The van der Waals surface area contributed by atoms with Gasteiger partial charge in [-0.15, -0.1) is 0 Å². The van der Waals surface area contributed by atoms with Crippen LogP contribution < -0.4 is 10.5 Å². The number of ether oxygens (including phenoxy) is 1. The Labute approximate surface area is 123 Å². The average Bonchev–Trinajstić information content (AvgIpc) is 2.52. The Morgan fingerprint density at radius 3 is 2.95 bits per heavy atom. The quantitative estimate of drug-likeness (QED) is 0.794. The normalized spacial score (nSPS) is 31.8. The van der Waals surface area contributed by atoms with Gasteiger partial charge in [0.2, 0.25) is 10.0 Å². The van der Waals surface area contributed by atoms with E-state index in [0.29, 0.717) is 6.61 Å². The summed E-state index contributed by atoms with van der Waals surface area (Å²) in [4.78, 5) is 3.79. The molecule has 0 bridgehead atoms. The fraction of sp³-hybridized carbons (Fsp3) is 0.538. The smallest absolute Gasteiger partial charge is 0.242 e. The molecule has 7 nitrogen and oxygen atoms in total. The number of nitrogens with two attached hydrogens (primary N) is 1. The largest absolute Gasteiger partial charge is 0.376 e. The van der Waals surface area contributed by atoms with Gasteiger partial charge in [0, 0.05) is 24.8 Å². The van der Waals surface area contributed by atoms with Crippen LogP contribution in [0.5, 0.6) is 0 Å². The Morgan fingerprint density at radius 1 is 1.48 bits per heavy atom. The fourth-order valence-electron chi connectivity index (χ4n) is 2.95. The van der Waals surface area contributed by atoms with Crippen molar-refractivity contribution in [3.05, 3.63) is 24.0 Å². The van der Waals surface area contributed by atoms with Crippen molar-refractivity contribution < 1.29 is 13.2 Å². The molecule has 3 rings (SSSR count). The highest BCUT2D eigenvalue weighted by atomic mass is 32.2. The van der Waals surface area contributed by atoms with Gasteiger partial charge in [0.05, 0.1) is 12.1 Å². The average molecular weight is 308 g/mol. The van der Waals surface area contributed by atoms with Gasteiger partial charge in [-0.3, -0.25) is 0 Å². The van der Waals surface area contributed by atoms with Crippen molar-refractivity contribution in [3.8, 4) is 6.07 Å². The second kappa shape index (κ2) is 5.35. The Morgan fingerprint density at radius 2 is 2.29 bits per heavy atom. The number of nitriles is 1. The molecule has 112 valence electrons. The molecule has 8 heteroatoms. The summed E-state index contributed by atoms with van der Waals surface area (Å²) in [5.41, 5.74) is 6.21. The second-order valence-electron chi connectivity index (χ2n) is 5.36. The van der Waals surface area contributed by atoms with Gasteiger partial charge in [-0.05, 0) is 25.0 Å².